The molecule has 4 saturated carbocycles. The van der Waals surface area contributed by atoms with E-state index in [2.05, 4.69) is 22.7 Å². The van der Waals surface area contributed by atoms with Gasteiger partial charge in [0.25, 0.3) is 0 Å². The van der Waals surface area contributed by atoms with E-state index in [1.165, 1.54) is 37.0 Å². The number of nitrogens with zero attached hydrogens (tertiary/aromatic N) is 2. The van der Waals surface area contributed by atoms with E-state index in [0.717, 1.165) is 35.9 Å². The van der Waals surface area contributed by atoms with Gasteiger partial charge in [0.05, 0.1) is 5.41 Å². The molecule has 2 aromatic rings. The van der Waals surface area contributed by atoms with Crippen molar-refractivity contribution in [3.05, 3.63) is 34.1 Å². The fraction of sp³-hybridized carbons (Fsp3) is 0.625. The van der Waals surface area contributed by atoms with Crippen molar-refractivity contribution in [3.8, 4) is 0 Å². The van der Waals surface area contributed by atoms with Gasteiger partial charge >= 0.3 is 0 Å². The molecule has 4 aliphatic carbocycles. The minimum atomic E-state index is 0.247. The standard InChI is InChI=1S/C16H18N2OS/c1-2-13(20-3-1)6-14-17-15(19-18-14)16-7-10-4-11(8-16)12(5-10)9-16/h1-3,10-12H,4-9H2. The second-order valence-corrected chi connectivity index (χ2v) is 8.05. The Kier molecular flexibility index (Phi) is 2.26. The van der Waals surface area contributed by atoms with Gasteiger partial charge in [0.1, 0.15) is 0 Å². The van der Waals surface area contributed by atoms with Gasteiger partial charge in [0.15, 0.2) is 5.82 Å². The van der Waals surface area contributed by atoms with Crippen LogP contribution < -0.4 is 0 Å². The number of hydrogen-bond donors (Lipinski definition) is 0. The summed E-state index contributed by atoms with van der Waals surface area (Å²) in [5.74, 6) is 4.63. The first kappa shape index (κ1) is 11.5. The Morgan fingerprint density at radius 3 is 2.80 bits per heavy atom. The van der Waals surface area contributed by atoms with Crippen molar-refractivity contribution >= 4 is 11.3 Å². The Morgan fingerprint density at radius 1 is 1.25 bits per heavy atom. The lowest BCUT2D eigenvalue weighted by Crippen LogP contribution is -2.31. The van der Waals surface area contributed by atoms with Crippen LogP contribution in [0.15, 0.2) is 22.0 Å². The molecule has 0 radical (unpaired) electrons. The zero-order chi connectivity index (χ0) is 13.2. The molecule has 2 atom stereocenters. The predicted molar refractivity (Wildman–Crippen MR) is 76.7 cm³/mol. The van der Waals surface area contributed by atoms with Gasteiger partial charge in [-0.05, 0) is 61.3 Å². The van der Waals surface area contributed by atoms with Crippen LogP contribution in [0.5, 0.6) is 0 Å². The van der Waals surface area contributed by atoms with Crippen molar-refractivity contribution < 1.29 is 4.52 Å². The average Bonchev–Trinajstić information content (AvgIpc) is 3.16. The van der Waals surface area contributed by atoms with Gasteiger partial charge in [-0.25, -0.2) is 0 Å². The highest BCUT2D eigenvalue weighted by molar-refractivity contribution is 7.09. The van der Waals surface area contributed by atoms with Crippen molar-refractivity contribution in [1.29, 1.82) is 0 Å². The first-order chi connectivity index (χ1) is 9.81. The van der Waals surface area contributed by atoms with Crippen LogP contribution >= 0.6 is 11.3 Å². The van der Waals surface area contributed by atoms with E-state index in [0.29, 0.717) is 0 Å². The molecular formula is C16H18N2OS. The Balaban J connectivity index is 1.44. The summed E-state index contributed by atoms with van der Waals surface area (Å²) >= 11 is 1.76. The first-order valence-electron chi connectivity index (χ1n) is 7.66. The molecular weight excluding hydrogens is 268 g/mol. The molecule has 104 valence electrons. The zero-order valence-corrected chi connectivity index (χ0v) is 12.2. The van der Waals surface area contributed by atoms with Crippen LogP contribution in [0.25, 0.3) is 0 Å². The van der Waals surface area contributed by atoms with E-state index in [4.69, 9.17) is 9.51 Å². The summed E-state index contributed by atoms with van der Waals surface area (Å²) < 4.78 is 5.69. The average molecular weight is 286 g/mol. The monoisotopic (exact) mass is 286 g/mol. The van der Waals surface area contributed by atoms with Crippen LogP contribution in [0.4, 0.5) is 0 Å². The largest absolute Gasteiger partial charge is 0.339 e. The molecule has 0 spiro atoms. The summed E-state index contributed by atoms with van der Waals surface area (Å²) in [6.07, 6.45) is 7.63. The van der Waals surface area contributed by atoms with Gasteiger partial charge in [-0.3, -0.25) is 0 Å². The number of rotatable bonds is 3. The van der Waals surface area contributed by atoms with Gasteiger partial charge in [0, 0.05) is 11.3 Å². The summed E-state index contributed by atoms with van der Waals surface area (Å²) in [7, 11) is 0. The molecule has 3 nitrogen and oxygen atoms in total. The highest BCUT2D eigenvalue weighted by Crippen LogP contribution is 2.64. The quantitative estimate of drug-likeness (QED) is 0.861. The van der Waals surface area contributed by atoms with Crippen LogP contribution in [0, 0.1) is 17.8 Å². The molecule has 20 heavy (non-hydrogen) atoms. The van der Waals surface area contributed by atoms with Gasteiger partial charge in [-0.2, -0.15) is 4.98 Å². The van der Waals surface area contributed by atoms with E-state index in [1.54, 1.807) is 11.3 Å². The van der Waals surface area contributed by atoms with Crippen LogP contribution in [0.2, 0.25) is 0 Å². The number of thiophene rings is 1. The van der Waals surface area contributed by atoms with E-state index < -0.39 is 0 Å². The molecule has 0 aromatic carbocycles. The van der Waals surface area contributed by atoms with E-state index >= 15 is 0 Å². The minimum Gasteiger partial charge on any atom is -0.339 e. The van der Waals surface area contributed by atoms with Crippen LogP contribution in [0.3, 0.4) is 0 Å². The highest BCUT2D eigenvalue weighted by atomic mass is 32.1. The maximum atomic E-state index is 5.69. The van der Waals surface area contributed by atoms with Gasteiger partial charge < -0.3 is 4.52 Å². The van der Waals surface area contributed by atoms with Gasteiger partial charge in [0.2, 0.25) is 5.89 Å². The van der Waals surface area contributed by atoms with Crippen LogP contribution in [0.1, 0.15) is 48.7 Å². The van der Waals surface area contributed by atoms with Crippen molar-refractivity contribution in [2.75, 3.05) is 0 Å². The number of aromatic nitrogens is 2. The maximum Gasteiger partial charge on any atom is 0.232 e. The molecule has 4 aliphatic rings. The molecule has 4 bridgehead atoms. The van der Waals surface area contributed by atoms with Crippen LogP contribution in [-0.4, -0.2) is 10.1 Å². The summed E-state index contributed by atoms with van der Waals surface area (Å²) in [6.45, 7) is 0. The minimum absolute atomic E-state index is 0.247. The molecule has 0 amide bonds. The summed E-state index contributed by atoms with van der Waals surface area (Å²) in [6, 6.07) is 4.22. The second-order valence-electron chi connectivity index (χ2n) is 7.02. The summed E-state index contributed by atoms with van der Waals surface area (Å²) in [5.41, 5.74) is 0.247. The van der Waals surface area contributed by atoms with E-state index in [9.17, 15) is 0 Å². The van der Waals surface area contributed by atoms with Crippen molar-refractivity contribution in [1.82, 2.24) is 10.1 Å². The summed E-state index contributed by atoms with van der Waals surface area (Å²) in [4.78, 5) is 6.07. The number of hydrogen-bond acceptors (Lipinski definition) is 4. The van der Waals surface area contributed by atoms with Gasteiger partial charge in [-0.1, -0.05) is 11.2 Å². The van der Waals surface area contributed by atoms with E-state index in [-0.39, 0.29) is 5.41 Å². The zero-order valence-electron chi connectivity index (χ0n) is 11.4. The lowest BCUT2D eigenvalue weighted by Gasteiger charge is -2.34. The lowest BCUT2D eigenvalue weighted by atomic mass is 9.69. The Bertz CT molecular complexity index is 613. The lowest BCUT2D eigenvalue weighted by molar-refractivity contribution is 0.176. The molecule has 2 unspecified atom stereocenters. The molecule has 6 rings (SSSR count). The predicted octanol–water partition coefficient (Wildman–Crippen LogP) is 3.80. The SMILES string of the molecule is c1csc(Cc2noc(C34CC5CC(C3)C(C5)C4)n2)c1. The molecule has 0 saturated heterocycles. The third-order valence-electron chi connectivity index (χ3n) is 5.76. The first-order valence-corrected chi connectivity index (χ1v) is 8.54. The second kappa shape index (κ2) is 3.94. The summed E-state index contributed by atoms with van der Waals surface area (Å²) in [5, 5.41) is 6.34. The Hall–Kier alpha value is -1.16. The molecule has 2 aromatic heterocycles. The normalized spacial score (nSPS) is 37.9. The molecule has 4 heteroatoms. The Labute approximate surface area is 122 Å². The van der Waals surface area contributed by atoms with Crippen molar-refractivity contribution in [3.63, 3.8) is 0 Å². The fourth-order valence-electron chi connectivity index (χ4n) is 5.18. The third-order valence-corrected chi connectivity index (χ3v) is 6.63. The van der Waals surface area contributed by atoms with Crippen molar-refractivity contribution in [2.45, 2.75) is 43.9 Å². The van der Waals surface area contributed by atoms with Crippen LogP contribution in [-0.2, 0) is 11.8 Å². The topological polar surface area (TPSA) is 38.9 Å². The highest BCUT2D eigenvalue weighted by Gasteiger charge is 2.58. The molecule has 0 aliphatic heterocycles. The molecule has 4 fully saturated rings. The third kappa shape index (κ3) is 1.57. The van der Waals surface area contributed by atoms with Crippen molar-refractivity contribution in [2.24, 2.45) is 17.8 Å². The Morgan fingerprint density at radius 2 is 2.10 bits per heavy atom. The molecule has 2 heterocycles. The fourth-order valence-corrected chi connectivity index (χ4v) is 5.88. The molecule has 0 N–H and O–H groups in total. The van der Waals surface area contributed by atoms with E-state index in [1.807, 2.05) is 0 Å². The maximum absolute atomic E-state index is 5.69. The smallest absolute Gasteiger partial charge is 0.232 e. The van der Waals surface area contributed by atoms with Gasteiger partial charge in [-0.15, -0.1) is 11.3 Å².